The van der Waals surface area contributed by atoms with Crippen molar-refractivity contribution in [3.8, 4) is 11.1 Å². The summed E-state index contributed by atoms with van der Waals surface area (Å²) >= 11 is 0. The third-order valence-electron chi connectivity index (χ3n) is 5.23. The molecule has 0 atom stereocenters. The fourth-order valence-electron chi connectivity index (χ4n) is 3.60. The average Bonchev–Trinajstić information content (AvgIpc) is 3.24. The van der Waals surface area contributed by atoms with Gasteiger partial charge in [0.2, 0.25) is 0 Å². The van der Waals surface area contributed by atoms with E-state index in [-0.39, 0.29) is 11.7 Å². The normalized spacial score (nSPS) is 13.6. The van der Waals surface area contributed by atoms with Gasteiger partial charge in [0.05, 0.1) is 5.52 Å². The Hall–Kier alpha value is -4.13. The summed E-state index contributed by atoms with van der Waals surface area (Å²) in [6, 6.07) is 15.9. The van der Waals surface area contributed by atoms with Gasteiger partial charge >= 0.3 is 0 Å². The summed E-state index contributed by atoms with van der Waals surface area (Å²) in [6.45, 7) is 0. The smallest absolute Gasteiger partial charge is 0.276 e. The summed E-state index contributed by atoms with van der Waals surface area (Å²) < 4.78 is 13.1. The van der Waals surface area contributed by atoms with Gasteiger partial charge < -0.3 is 5.32 Å². The van der Waals surface area contributed by atoms with Crippen molar-refractivity contribution in [1.82, 2.24) is 20.5 Å². The first-order valence-electron chi connectivity index (χ1n) is 9.89. The van der Waals surface area contributed by atoms with Crippen molar-refractivity contribution in [3.05, 3.63) is 96.0 Å². The molecule has 0 unspecified atom stereocenters. The van der Waals surface area contributed by atoms with Gasteiger partial charge in [-0.3, -0.25) is 19.9 Å². The van der Waals surface area contributed by atoms with E-state index in [0.717, 1.165) is 39.0 Å². The SMILES string of the molecule is O=C(NC1=CN=C(c2ccc(F)cc2)CC1)c1n[nH]c2ccc(-c3cccnc3)cc12. The number of pyridine rings is 1. The summed E-state index contributed by atoms with van der Waals surface area (Å²) in [5.74, 6) is -0.567. The lowest BCUT2D eigenvalue weighted by Gasteiger charge is -2.14. The van der Waals surface area contributed by atoms with Crippen molar-refractivity contribution in [1.29, 1.82) is 0 Å². The average molecular weight is 411 g/mol. The molecule has 1 aliphatic rings. The number of aliphatic imine (C=N–C) groups is 1. The largest absolute Gasteiger partial charge is 0.323 e. The lowest BCUT2D eigenvalue weighted by molar-refractivity contribution is 0.0961. The van der Waals surface area contributed by atoms with Crippen LogP contribution in [0.4, 0.5) is 4.39 Å². The van der Waals surface area contributed by atoms with Gasteiger partial charge in [0, 0.05) is 41.0 Å². The quantitative estimate of drug-likeness (QED) is 0.514. The first-order chi connectivity index (χ1) is 15.2. The minimum Gasteiger partial charge on any atom is -0.323 e. The molecule has 152 valence electrons. The molecule has 0 saturated carbocycles. The predicted octanol–water partition coefficient (Wildman–Crippen LogP) is 4.62. The number of allylic oxidation sites excluding steroid dienone is 1. The molecule has 4 aromatic rings. The number of carbonyl (C=O) groups excluding carboxylic acids is 1. The maximum Gasteiger partial charge on any atom is 0.276 e. The van der Waals surface area contributed by atoms with Crippen LogP contribution in [-0.4, -0.2) is 26.8 Å². The molecule has 2 aromatic heterocycles. The van der Waals surface area contributed by atoms with E-state index in [0.29, 0.717) is 18.5 Å². The second-order valence-electron chi connectivity index (χ2n) is 7.27. The van der Waals surface area contributed by atoms with Crippen LogP contribution in [-0.2, 0) is 0 Å². The van der Waals surface area contributed by atoms with Gasteiger partial charge in [-0.25, -0.2) is 4.39 Å². The Labute approximate surface area is 177 Å². The summed E-state index contributed by atoms with van der Waals surface area (Å²) in [5.41, 5.74) is 5.50. The van der Waals surface area contributed by atoms with Crippen LogP contribution in [0.15, 0.2) is 83.9 Å². The Morgan fingerprint density at radius 2 is 1.84 bits per heavy atom. The number of H-pyrrole nitrogens is 1. The first kappa shape index (κ1) is 18.9. The highest BCUT2D eigenvalue weighted by molar-refractivity contribution is 6.06. The molecule has 0 bridgehead atoms. The van der Waals surface area contributed by atoms with Gasteiger partial charge in [0.1, 0.15) is 5.82 Å². The zero-order chi connectivity index (χ0) is 21.2. The number of fused-ring (bicyclic) bond motifs is 1. The fraction of sp³-hybridized carbons (Fsp3) is 0.0833. The van der Waals surface area contributed by atoms with E-state index in [1.54, 1.807) is 30.7 Å². The lowest BCUT2D eigenvalue weighted by atomic mass is 10.0. The molecule has 6 nitrogen and oxygen atoms in total. The van der Waals surface area contributed by atoms with E-state index in [4.69, 9.17) is 0 Å². The van der Waals surface area contributed by atoms with Gasteiger partial charge in [0.25, 0.3) is 5.91 Å². The van der Waals surface area contributed by atoms with E-state index >= 15 is 0 Å². The molecule has 1 amide bonds. The third kappa shape index (κ3) is 3.85. The number of aromatic amines is 1. The number of amides is 1. The molecule has 0 aliphatic carbocycles. The van der Waals surface area contributed by atoms with Crippen molar-refractivity contribution < 1.29 is 9.18 Å². The van der Waals surface area contributed by atoms with Crippen LogP contribution in [0.25, 0.3) is 22.0 Å². The number of rotatable bonds is 4. The van der Waals surface area contributed by atoms with Crippen LogP contribution >= 0.6 is 0 Å². The Bertz CT molecular complexity index is 1320. The van der Waals surface area contributed by atoms with Crippen LogP contribution in [0.3, 0.4) is 0 Å². The van der Waals surface area contributed by atoms with E-state index in [1.165, 1.54) is 12.1 Å². The molecule has 2 aromatic carbocycles. The molecule has 3 heterocycles. The van der Waals surface area contributed by atoms with Crippen molar-refractivity contribution in [2.24, 2.45) is 4.99 Å². The molecular weight excluding hydrogens is 393 g/mol. The standard InChI is InChI=1S/C24H18FN5O/c25-18-6-3-15(4-7-18)21-10-8-19(14-27-21)28-24(31)23-20-12-16(5-9-22(20)29-30-23)17-2-1-11-26-13-17/h1-7,9,11-14H,8,10H2,(H,28,31)(H,29,30). The first-order valence-corrected chi connectivity index (χ1v) is 9.89. The zero-order valence-corrected chi connectivity index (χ0v) is 16.5. The highest BCUT2D eigenvalue weighted by Gasteiger charge is 2.18. The van der Waals surface area contributed by atoms with Gasteiger partial charge in [-0.15, -0.1) is 0 Å². The topological polar surface area (TPSA) is 83.0 Å². The van der Waals surface area contributed by atoms with Crippen LogP contribution < -0.4 is 5.32 Å². The third-order valence-corrected chi connectivity index (χ3v) is 5.23. The van der Waals surface area contributed by atoms with Crippen molar-refractivity contribution >= 4 is 22.5 Å². The number of benzene rings is 2. The summed E-state index contributed by atoms with van der Waals surface area (Å²) in [7, 11) is 0. The second kappa shape index (κ2) is 7.95. The number of hydrogen-bond donors (Lipinski definition) is 2. The molecular formula is C24H18FN5O. The predicted molar refractivity (Wildman–Crippen MR) is 117 cm³/mol. The Balaban J connectivity index is 1.37. The number of aromatic nitrogens is 3. The zero-order valence-electron chi connectivity index (χ0n) is 16.5. The molecule has 31 heavy (non-hydrogen) atoms. The molecule has 0 fully saturated rings. The van der Waals surface area contributed by atoms with Gasteiger partial charge in [-0.05, 0) is 54.3 Å². The van der Waals surface area contributed by atoms with Crippen LogP contribution in [0.5, 0.6) is 0 Å². The lowest BCUT2D eigenvalue weighted by Crippen LogP contribution is -2.25. The number of nitrogens with one attached hydrogen (secondary N) is 2. The monoisotopic (exact) mass is 411 g/mol. The molecule has 0 radical (unpaired) electrons. The molecule has 2 N–H and O–H groups in total. The molecule has 1 aliphatic heterocycles. The summed E-state index contributed by atoms with van der Waals surface area (Å²) in [5, 5.41) is 10.8. The Kier molecular flexibility index (Phi) is 4.84. The number of halogens is 1. The molecule has 5 rings (SSSR count). The number of hydrogen-bond acceptors (Lipinski definition) is 4. The maximum absolute atomic E-state index is 13.1. The maximum atomic E-state index is 13.1. The summed E-state index contributed by atoms with van der Waals surface area (Å²) in [4.78, 5) is 21.5. The summed E-state index contributed by atoms with van der Waals surface area (Å²) in [6.07, 6.45) is 6.44. The van der Waals surface area contributed by atoms with Gasteiger partial charge in [-0.2, -0.15) is 5.10 Å². The minimum absolute atomic E-state index is 0.276. The van der Waals surface area contributed by atoms with Crippen molar-refractivity contribution in [3.63, 3.8) is 0 Å². The fourth-order valence-corrected chi connectivity index (χ4v) is 3.60. The molecule has 0 spiro atoms. The highest BCUT2D eigenvalue weighted by Crippen LogP contribution is 2.25. The van der Waals surface area contributed by atoms with Crippen LogP contribution in [0.2, 0.25) is 0 Å². The molecule has 7 heteroatoms. The Morgan fingerprint density at radius 1 is 1.00 bits per heavy atom. The van der Waals surface area contributed by atoms with Gasteiger partial charge in [0.15, 0.2) is 5.69 Å². The van der Waals surface area contributed by atoms with Crippen LogP contribution in [0.1, 0.15) is 28.9 Å². The molecule has 0 saturated heterocycles. The van der Waals surface area contributed by atoms with Crippen molar-refractivity contribution in [2.75, 3.05) is 0 Å². The highest BCUT2D eigenvalue weighted by atomic mass is 19.1. The van der Waals surface area contributed by atoms with E-state index < -0.39 is 0 Å². The van der Waals surface area contributed by atoms with Gasteiger partial charge in [-0.1, -0.05) is 24.3 Å². The van der Waals surface area contributed by atoms with E-state index in [2.05, 4.69) is 25.5 Å². The van der Waals surface area contributed by atoms with E-state index in [1.807, 2.05) is 30.3 Å². The second-order valence-corrected chi connectivity index (χ2v) is 7.27. The number of carbonyl (C=O) groups is 1. The van der Waals surface area contributed by atoms with Crippen LogP contribution in [0, 0.1) is 5.82 Å². The Morgan fingerprint density at radius 3 is 2.58 bits per heavy atom. The number of nitrogens with zero attached hydrogens (tertiary/aromatic N) is 3. The van der Waals surface area contributed by atoms with E-state index in [9.17, 15) is 9.18 Å². The minimum atomic E-state index is -0.290. The van der Waals surface area contributed by atoms with Crippen molar-refractivity contribution in [2.45, 2.75) is 12.8 Å².